The molecule has 0 aliphatic heterocycles. The van der Waals surface area contributed by atoms with Crippen molar-refractivity contribution >= 4 is 17.6 Å². The number of carbonyl (C=O) groups excluding carboxylic acids is 1. The average Bonchev–Trinajstić information content (AvgIpc) is 2.88. The van der Waals surface area contributed by atoms with Gasteiger partial charge in [0.05, 0.1) is 17.4 Å². The summed E-state index contributed by atoms with van der Waals surface area (Å²) < 4.78 is 1.27. The van der Waals surface area contributed by atoms with Crippen molar-refractivity contribution in [3.8, 4) is 0 Å². The third kappa shape index (κ3) is 2.63. The van der Waals surface area contributed by atoms with E-state index in [4.69, 9.17) is 5.11 Å². The third-order valence-electron chi connectivity index (χ3n) is 2.76. The summed E-state index contributed by atoms with van der Waals surface area (Å²) in [4.78, 5) is 30.5. The van der Waals surface area contributed by atoms with Gasteiger partial charge in [-0.15, -0.1) is 0 Å². The third-order valence-corrected chi connectivity index (χ3v) is 2.76. The first-order valence-electron chi connectivity index (χ1n) is 5.76. The fourth-order valence-electron chi connectivity index (χ4n) is 1.41. The Balaban J connectivity index is 2.15. The maximum Gasteiger partial charge on any atom is 0.331 e. The van der Waals surface area contributed by atoms with Gasteiger partial charge in [0.1, 0.15) is 6.33 Å². The molecule has 8 nitrogen and oxygen atoms in total. The summed E-state index contributed by atoms with van der Waals surface area (Å²) in [6.07, 6.45) is 6.92. The Bertz CT molecular complexity index is 636. The summed E-state index contributed by atoms with van der Waals surface area (Å²) in [5.41, 5.74) is -0.496. The zero-order valence-corrected chi connectivity index (χ0v) is 10.9. The molecule has 2 aromatic heterocycles. The molecule has 0 saturated carbocycles. The minimum Gasteiger partial charge on any atom is -0.479 e. The lowest BCUT2D eigenvalue weighted by atomic mass is 10.1. The molecule has 0 atom stereocenters. The number of carboxylic acids is 1. The first kappa shape index (κ1) is 13.7. The van der Waals surface area contributed by atoms with Crippen LogP contribution < -0.4 is 5.32 Å². The molecular weight excluding hydrogens is 262 g/mol. The Morgan fingerprint density at radius 3 is 2.50 bits per heavy atom. The average molecular weight is 275 g/mol. The summed E-state index contributed by atoms with van der Waals surface area (Å²) in [5, 5.41) is 15.6. The lowest BCUT2D eigenvalue weighted by Gasteiger charge is -2.19. The van der Waals surface area contributed by atoms with Gasteiger partial charge in [0, 0.05) is 18.6 Å². The number of amides is 1. The zero-order chi connectivity index (χ0) is 14.8. The molecule has 104 valence electrons. The normalized spacial score (nSPS) is 11.1. The zero-order valence-electron chi connectivity index (χ0n) is 10.9. The first-order valence-corrected chi connectivity index (χ1v) is 5.76. The van der Waals surface area contributed by atoms with Crippen molar-refractivity contribution in [1.82, 2.24) is 19.7 Å². The predicted octanol–water partition coefficient (Wildman–Crippen LogP) is 0.745. The number of hydrogen-bond acceptors (Lipinski definition) is 5. The topological polar surface area (TPSA) is 110 Å². The molecule has 0 spiro atoms. The molecule has 1 amide bonds. The van der Waals surface area contributed by atoms with Crippen LogP contribution in [-0.2, 0) is 10.3 Å². The number of nitrogens with zero attached hydrogens (tertiary/aromatic N) is 4. The van der Waals surface area contributed by atoms with Gasteiger partial charge in [-0.3, -0.25) is 9.48 Å². The van der Waals surface area contributed by atoms with E-state index in [2.05, 4.69) is 20.4 Å². The first-order chi connectivity index (χ1) is 9.41. The highest BCUT2D eigenvalue weighted by molar-refractivity contribution is 6.03. The number of hydrogen-bond donors (Lipinski definition) is 2. The molecule has 2 heterocycles. The quantitative estimate of drug-likeness (QED) is 0.851. The molecule has 2 N–H and O–H groups in total. The monoisotopic (exact) mass is 275 g/mol. The molecule has 0 bridgehead atoms. The van der Waals surface area contributed by atoms with Gasteiger partial charge in [0.15, 0.2) is 5.54 Å². The van der Waals surface area contributed by atoms with Crippen LogP contribution in [-0.4, -0.2) is 36.7 Å². The van der Waals surface area contributed by atoms with E-state index in [1.807, 2.05) is 0 Å². The Morgan fingerprint density at radius 1 is 1.25 bits per heavy atom. The maximum absolute atomic E-state index is 11.9. The standard InChI is InChI=1S/C12H13N5O3/c1-12(2,11(19)20)17-6-9(5-15-17)16-10(18)8-3-13-7-14-4-8/h3-7H,1-2H3,(H,16,18)(H,19,20). The molecule has 0 saturated heterocycles. The number of aromatic nitrogens is 4. The van der Waals surface area contributed by atoms with Gasteiger partial charge in [0.25, 0.3) is 5.91 Å². The maximum atomic E-state index is 11.9. The van der Waals surface area contributed by atoms with Gasteiger partial charge in [0.2, 0.25) is 0 Å². The largest absolute Gasteiger partial charge is 0.479 e. The van der Waals surface area contributed by atoms with Gasteiger partial charge >= 0.3 is 5.97 Å². The Hall–Kier alpha value is -2.77. The van der Waals surface area contributed by atoms with Crippen molar-refractivity contribution in [3.63, 3.8) is 0 Å². The number of carbonyl (C=O) groups is 2. The fraction of sp³-hybridized carbons (Fsp3) is 0.250. The highest BCUT2D eigenvalue weighted by atomic mass is 16.4. The van der Waals surface area contributed by atoms with Crippen LogP contribution in [0.15, 0.2) is 31.1 Å². The van der Waals surface area contributed by atoms with E-state index < -0.39 is 17.4 Å². The molecule has 0 aliphatic carbocycles. The van der Waals surface area contributed by atoms with Crippen LogP contribution in [0.25, 0.3) is 0 Å². The van der Waals surface area contributed by atoms with E-state index in [0.717, 1.165) is 0 Å². The van der Waals surface area contributed by atoms with Crippen LogP contribution >= 0.6 is 0 Å². The van der Waals surface area contributed by atoms with Crippen LogP contribution in [0, 0.1) is 0 Å². The van der Waals surface area contributed by atoms with E-state index >= 15 is 0 Å². The Labute approximate surface area is 114 Å². The lowest BCUT2D eigenvalue weighted by Crippen LogP contribution is -2.35. The second kappa shape index (κ2) is 5.08. The van der Waals surface area contributed by atoms with E-state index in [9.17, 15) is 9.59 Å². The number of carboxylic acid groups (broad SMARTS) is 1. The van der Waals surface area contributed by atoms with Crippen LogP contribution in [0.2, 0.25) is 0 Å². The summed E-state index contributed by atoms with van der Waals surface area (Å²) in [6, 6.07) is 0. The van der Waals surface area contributed by atoms with Crippen molar-refractivity contribution in [1.29, 1.82) is 0 Å². The smallest absolute Gasteiger partial charge is 0.331 e. The lowest BCUT2D eigenvalue weighted by molar-refractivity contribution is -0.146. The molecule has 20 heavy (non-hydrogen) atoms. The van der Waals surface area contributed by atoms with Crippen LogP contribution in [0.4, 0.5) is 5.69 Å². The molecule has 8 heteroatoms. The predicted molar refractivity (Wildman–Crippen MR) is 69.2 cm³/mol. The summed E-state index contributed by atoms with van der Waals surface area (Å²) in [6.45, 7) is 3.03. The highest BCUT2D eigenvalue weighted by Gasteiger charge is 2.30. The van der Waals surface area contributed by atoms with E-state index in [0.29, 0.717) is 11.3 Å². The molecule has 0 aromatic carbocycles. The molecular formula is C12H13N5O3. The number of anilines is 1. The minimum atomic E-state index is -1.20. The van der Waals surface area contributed by atoms with E-state index in [1.54, 1.807) is 0 Å². The second-order valence-electron chi connectivity index (χ2n) is 4.62. The SMILES string of the molecule is CC(C)(C(=O)O)n1cc(NC(=O)c2cncnc2)cn1. The molecule has 0 aliphatic rings. The number of aliphatic carboxylic acids is 1. The van der Waals surface area contributed by atoms with Crippen molar-refractivity contribution in [2.75, 3.05) is 5.32 Å². The van der Waals surface area contributed by atoms with Gasteiger partial charge in [-0.05, 0) is 13.8 Å². The van der Waals surface area contributed by atoms with E-state index in [1.165, 1.54) is 49.6 Å². The molecule has 2 rings (SSSR count). The number of nitrogens with one attached hydrogen (secondary N) is 1. The fourth-order valence-corrected chi connectivity index (χ4v) is 1.41. The van der Waals surface area contributed by atoms with Crippen molar-refractivity contribution < 1.29 is 14.7 Å². The summed E-state index contributed by atoms with van der Waals surface area (Å²) in [5.74, 6) is -1.41. The van der Waals surface area contributed by atoms with Gasteiger partial charge in [-0.1, -0.05) is 0 Å². The van der Waals surface area contributed by atoms with Crippen molar-refractivity contribution in [2.24, 2.45) is 0 Å². The molecule has 0 unspecified atom stereocenters. The van der Waals surface area contributed by atoms with Gasteiger partial charge < -0.3 is 10.4 Å². The highest BCUT2D eigenvalue weighted by Crippen LogP contribution is 2.17. The molecule has 0 fully saturated rings. The van der Waals surface area contributed by atoms with E-state index in [-0.39, 0.29) is 0 Å². The molecule has 0 radical (unpaired) electrons. The molecule has 2 aromatic rings. The second-order valence-corrected chi connectivity index (χ2v) is 4.62. The Kier molecular flexibility index (Phi) is 3.47. The van der Waals surface area contributed by atoms with Gasteiger partial charge in [-0.2, -0.15) is 5.10 Å². The Morgan fingerprint density at radius 2 is 1.90 bits per heavy atom. The van der Waals surface area contributed by atoms with Crippen molar-refractivity contribution in [2.45, 2.75) is 19.4 Å². The van der Waals surface area contributed by atoms with Gasteiger partial charge in [-0.25, -0.2) is 14.8 Å². The minimum absolute atomic E-state index is 0.303. The van der Waals surface area contributed by atoms with Crippen LogP contribution in [0.3, 0.4) is 0 Å². The number of rotatable bonds is 4. The van der Waals surface area contributed by atoms with Crippen LogP contribution in [0.1, 0.15) is 24.2 Å². The summed E-state index contributed by atoms with van der Waals surface area (Å²) in [7, 11) is 0. The summed E-state index contributed by atoms with van der Waals surface area (Å²) >= 11 is 0. The van der Waals surface area contributed by atoms with Crippen molar-refractivity contribution in [3.05, 3.63) is 36.7 Å². The van der Waals surface area contributed by atoms with Crippen LogP contribution in [0.5, 0.6) is 0 Å².